The number of hydrogen-bond donors (Lipinski definition) is 0. The van der Waals surface area contributed by atoms with Crippen molar-refractivity contribution in [3.63, 3.8) is 0 Å². The zero-order chi connectivity index (χ0) is 10.7. The Morgan fingerprint density at radius 2 is 1.93 bits per heavy atom. The molecule has 2 nitrogen and oxygen atoms in total. The maximum absolute atomic E-state index is 11.6. The lowest BCUT2D eigenvalue weighted by Crippen LogP contribution is -2.35. The summed E-state index contributed by atoms with van der Waals surface area (Å²) >= 11 is 0. The van der Waals surface area contributed by atoms with Gasteiger partial charge in [0.1, 0.15) is 11.6 Å². The topological polar surface area (TPSA) is 34.1 Å². The fraction of sp³-hybridized carbons (Fsp3) is 0.667. The van der Waals surface area contributed by atoms with E-state index < -0.39 is 0 Å². The monoisotopic (exact) mass is 194 g/mol. The van der Waals surface area contributed by atoms with Crippen molar-refractivity contribution in [2.75, 3.05) is 0 Å². The maximum Gasteiger partial charge on any atom is 0.143 e. The summed E-state index contributed by atoms with van der Waals surface area (Å²) < 4.78 is 0. The van der Waals surface area contributed by atoms with Gasteiger partial charge in [-0.25, -0.2) is 0 Å². The van der Waals surface area contributed by atoms with Gasteiger partial charge in [-0.15, -0.1) is 0 Å². The van der Waals surface area contributed by atoms with E-state index in [2.05, 4.69) is 6.58 Å². The first-order valence-corrected chi connectivity index (χ1v) is 5.28. The molecule has 1 aliphatic carbocycles. The van der Waals surface area contributed by atoms with Crippen LogP contribution in [0, 0.1) is 11.8 Å². The van der Waals surface area contributed by atoms with Gasteiger partial charge in [-0.3, -0.25) is 9.59 Å². The fourth-order valence-corrected chi connectivity index (χ4v) is 2.24. The van der Waals surface area contributed by atoms with Crippen LogP contribution < -0.4 is 0 Å². The zero-order valence-corrected chi connectivity index (χ0v) is 9.01. The molecule has 1 rings (SSSR count). The Hall–Kier alpha value is -0.920. The third kappa shape index (κ3) is 2.11. The van der Waals surface area contributed by atoms with E-state index in [0.29, 0.717) is 12.8 Å². The molecular weight excluding hydrogens is 176 g/mol. The van der Waals surface area contributed by atoms with Gasteiger partial charge in [0, 0.05) is 12.8 Å². The van der Waals surface area contributed by atoms with Crippen molar-refractivity contribution in [2.45, 2.75) is 39.5 Å². The normalized spacial score (nSPS) is 21.0. The molecule has 1 aliphatic rings. The van der Waals surface area contributed by atoms with Crippen LogP contribution in [0.2, 0.25) is 0 Å². The van der Waals surface area contributed by atoms with Gasteiger partial charge in [-0.2, -0.15) is 0 Å². The molecule has 0 N–H and O–H groups in total. The van der Waals surface area contributed by atoms with Crippen LogP contribution in [0.5, 0.6) is 0 Å². The van der Waals surface area contributed by atoms with Crippen LogP contribution in [0.4, 0.5) is 0 Å². The zero-order valence-electron chi connectivity index (χ0n) is 9.01. The lowest BCUT2D eigenvalue weighted by atomic mass is 9.74. The number of allylic oxidation sites excluding steroid dienone is 1. The molecule has 1 saturated carbocycles. The summed E-state index contributed by atoms with van der Waals surface area (Å²) in [5.41, 5.74) is 0.959. The van der Waals surface area contributed by atoms with Crippen molar-refractivity contribution >= 4 is 11.6 Å². The van der Waals surface area contributed by atoms with E-state index in [4.69, 9.17) is 0 Å². The van der Waals surface area contributed by atoms with Crippen molar-refractivity contribution in [3.8, 4) is 0 Å². The number of carbonyl (C=O) groups is 2. The van der Waals surface area contributed by atoms with Crippen LogP contribution in [0.3, 0.4) is 0 Å². The molecule has 0 radical (unpaired) electrons. The largest absolute Gasteiger partial charge is 0.299 e. The first-order valence-electron chi connectivity index (χ1n) is 5.28. The lowest BCUT2D eigenvalue weighted by Gasteiger charge is -2.27. The van der Waals surface area contributed by atoms with Crippen molar-refractivity contribution in [1.82, 2.24) is 0 Å². The van der Waals surface area contributed by atoms with E-state index in [1.165, 1.54) is 0 Å². The highest BCUT2D eigenvalue weighted by molar-refractivity contribution is 6.04. The van der Waals surface area contributed by atoms with Crippen molar-refractivity contribution in [2.24, 2.45) is 11.8 Å². The minimum Gasteiger partial charge on any atom is -0.299 e. The molecule has 2 heteroatoms. The van der Waals surface area contributed by atoms with Crippen LogP contribution in [-0.2, 0) is 9.59 Å². The molecule has 0 heterocycles. The second kappa shape index (κ2) is 4.54. The minimum atomic E-state index is -0.383. The van der Waals surface area contributed by atoms with E-state index in [1.807, 2.05) is 13.8 Å². The number of rotatable bonds is 3. The molecule has 0 aliphatic heterocycles. The predicted molar refractivity (Wildman–Crippen MR) is 56.0 cm³/mol. The third-order valence-electron chi connectivity index (χ3n) is 3.02. The van der Waals surface area contributed by atoms with Crippen molar-refractivity contribution in [1.29, 1.82) is 0 Å². The molecule has 0 bridgehead atoms. The molecule has 1 fully saturated rings. The summed E-state index contributed by atoms with van der Waals surface area (Å²) in [7, 11) is 0. The Morgan fingerprint density at radius 1 is 1.43 bits per heavy atom. The molecule has 0 spiro atoms. The second-order valence-electron chi connectivity index (χ2n) is 4.12. The Labute approximate surface area is 85.4 Å². The lowest BCUT2D eigenvalue weighted by molar-refractivity contribution is -0.137. The van der Waals surface area contributed by atoms with Gasteiger partial charge < -0.3 is 0 Å². The minimum absolute atomic E-state index is 0.0651. The standard InChI is InChI=1S/C12H18O2/c1-4-9(8(2)3)12-10(13)6-5-7-11(12)14/h9,12H,2,4-7H2,1,3H3. The van der Waals surface area contributed by atoms with E-state index in [-0.39, 0.29) is 23.4 Å². The summed E-state index contributed by atoms with van der Waals surface area (Å²) in [6.45, 7) is 7.78. The predicted octanol–water partition coefficient (Wildman–Crippen LogP) is 2.53. The van der Waals surface area contributed by atoms with Gasteiger partial charge in [0.2, 0.25) is 0 Å². The molecule has 0 aromatic rings. The molecule has 1 atom stereocenters. The van der Waals surface area contributed by atoms with E-state index in [9.17, 15) is 9.59 Å². The second-order valence-corrected chi connectivity index (χ2v) is 4.12. The SMILES string of the molecule is C=C(C)C(CC)C1C(=O)CCCC1=O. The number of carbonyl (C=O) groups excluding carboxylic acids is 2. The van der Waals surface area contributed by atoms with Crippen LogP contribution in [0.1, 0.15) is 39.5 Å². The Balaban J connectivity index is 2.85. The van der Waals surface area contributed by atoms with Crippen molar-refractivity contribution in [3.05, 3.63) is 12.2 Å². The van der Waals surface area contributed by atoms with Gasteiger partial charge in [0.05, 0.1) is 5.92 Å². The highest BCUT2D eigenvalue weighted by Crippen LogP contribution is 2.30. The Morgan fingerprint density at radius 3 is 2.29 bits per heavy atom. The summed E-state index contributed by atoms with van der Waals surface area (Å²) in [6.07, 6.45) is 2.71. The maximum atomic E-state index is 11.6. The van der Waals surface area contributed by atoms with Gasteiger partial charge in [0.25, 0.3) is 0 Å². The molecule has 0 aromatic carbocycles. The summed E-state index contributed by atoms with van der Waals surface area (Å²) in [5, 5.41) is 0. The first-order chi connectivity index (χ1) is 6.57. The van der Waals surface area contributed by atoms with E-state index in [1.54, 1.807) is 0 Å². The van der Waals surface area contributed by atoms with Gasteiger partial charge in [-0.05, 0) is 25.7 Å². The van der Waals surface area contributed by atoms with Crippen LogP contribution in [-0.4, -0.2) is 11.6 Å². The van der Waals surface area contributed by atoms with Crippen LogP contribution in [0.15, 0.2) is 12.2 Å². The van der Waals surface area contributed by atoms with Gasteiger partial charge in [-0.1, -0.05) is 19.1 Å². The Bertz CT molecular complexity index is 249. The molecule has 1 unspecified atom stereocenters. The smallest absolute Gasteiger partial charge is 0.143 e. The summed E-state index contributed by atoms with van der Waals surface area (Å²) in [5.74, 6) is -0.0752. The van der Waals surface area contributed by atoms with Crippen molar-refractivity contribution < 1.29 is 9.59 Å². The van der Waals surface area contributed by atoms with Gasteiger partial charge >= 0.3 is 0 Å². The highest BCUT2D eigenvalue weighted by Gasteiger charge is 2.35. The molecule has 0 aromatic heterocycles. The summed E-state index contributed by atoms with van der Waals surface area (Å²) in [4.78, 5) is 23.3. The number of hydrogen-bond acceptors (Lipinski definition) is 2. The molecule has 0 saturated heterocycles. The summed E-state index contributed by atoms with van der Waals surface area (Å²) in [6, 6.07) is 0. The van der Waals surface area contributed by atoms with Gasteiger partial charge in [0.15, 0.2) is 0 Å². The Kier molecular flexibility index (Phi) is 3.62. The average molecular weight is 194 g/mol. The van der Waals surface area contributed by atoms with E-state index in [0.717, 1.165) is 18.4 Å². The molecule has 78 valence electrons. The molecule has 0 amide bonds. The average Bonchev–Trinajstić information content (AvgIpc) is 2.10. The number of Topliss-reactive ketones (excluding diaryl/α,β-unsaturated/α-hetero) is 2. The first kappa shape index (κ1) is 11.2. The van der Waals surface area contributed by atoms with Crippen LogP contribution >= 0.6 is 0 Å². The van der Waals surface area contributed by atoms with Crippen LogP contribution in [0.25, 0.3) is 0 Å². The van der Waals surface area contributed by atoms with E-state index >= 15 is 0 Å². The highest BCUT2D eigenvalue weighted by atomic mass is 16.2. The number of ketones is 2. The fourth-order valence-electron chi connectivity index (χ4n) is 2.24. The molecular formula is C12H18O2. The molecule has 14 heavy (non-hydrogen) atoms. The quantitative estimate of drug-likeness (QED) is 0.511. The third-order valence-corrected chi connectivity index (χ3v) is 3.02.